The van der Waals surface area contributed by atoms with E-state index in [1.165, 1.54) is 16.7 Å². The Morgan fingerprint density at radius 3 is 1.96 bits per heavy atom. The number of unbranched alkanes of at least 4 members (excludes halogenated alkanes) is 2. The fourth-order valence-electron chi connectivity index (χ4n) is 2.58. The number of carbonyl (C=O) groups is 1. The van der Waals surface area contributed by atoms with Crippen molar-refractivity contribution in [3.8, 4) is 0 Å². The highest BCUT2D eigenvalue weighted by Gasteiger charge is 2.31. The zero-order valence-corrected chi connectivity index (χ0v) is 18.1. The number of carboxylic acid groups (broad SMARTS) is 1. The summed E-state index contributed by atoms with van der Waals surface area (Å²) in [5, 5.41) is 9.02. The van der Waals surface area contributed by atoms with Crippen LogP contribution < -0.4 is 0 Å². The Labute approximate surface area is 159 Å². The van der Waals surface area contributed by atoms with Crippen LogP contribution in [0.1, 0.15) is 79.6 Å². The predicted molar refractivity (Wildman–Crippen MR) is 111 cm³/mol. The van der Waals surface area contributed by atoms with Gasteiger partial charge in [0.2, 0.25) is 0 Å². The summed E-state index contributed by atoms with van der Waals surface area (Å²) in [4.78, 5) is 11.0. The quantitative estimate of drug-likeness (QED) is 0.190. The van der Waals surface area contributed by atoms with E-state index in [4.69, 9.17) is 9.63 Å². The van der Waals surface area contributed by atoms with Crippen molar-refractivity contribution < 1.29 is 19.0 Å². The number of hydrogen-bond acceptors (Lipinski definition) is 3. The molecule has 0 saturated heterocycles. The molecule has 1 atom stereocenters. The lowest BCUT2D eigenvalue weighted by Gasteiger charge is -2.12. The first-order valence-electron chi connectivity index (χ1n) is 9.63. The minimum atomic E-state index is -3.52. The second-order valence-electron chi connectivity index (χ2n) is 7.05. The maximum Gasteiger partial charge on any atom is 0.389 e. The van der Waals surface area contributed by atoms with Gasteiger partial charge in [-0.15, -0.1) is 0 Å². The molecule has 0 radical (unpaired) electrons. The van der Waals surface area contributed by atoms with Crippen LogP contribution >= 0.6 is 7.37 Å². The van der Waals surface area contributed by atoms with Crippen LogP contribution in [0, 0.1) is 0 Å². The molecule has 0 aromatic heterocycles. The van der Waals surface area contributed by atoms with Crippen LogP contribution in [0.5, 0.6) is 0 Å². The topological polar surface area (TPSA) is 63.6 Å². The van der Waals surface area contributed by atoms with Gasteiger partial charge >= 0.3 is 13.1 Å². The van der Waals surface area contributed by atoms with Crippen LogP contribution in [0.4, 0.5) is 4.79 Å². The second-order valence-corrected chi connectivity index (χ2v) is 9.49. The van der Waals surface area contributed by atoms with Crippen molar-refractivity contribution in [2.45, 2.75) is 79.6 Å². The van der Waals surface area contributed by atoms with E-state index in [1.54, 1.807) is 6.92 Å². The third-order valence-corrected chi connectivity index (χ3v) is 6.31. The van der Waals surface area contributed by atoms with Gasteiger partial charge in [-0.3, -0.25) is 4.57 Å². The van der Waals surface area contributed by atoms with Crippen molar-refractivity contribution in [1.29, 1.82) is 0 Å². The number of allylic oxidation sites excluding steroid dienone is 6. The molecule has 0 saturated carbocycles. The molecule has 150 valence electrons. The van der Waals surface area contributed by atoms with E-state index in [0.29, 0.717) is 6.42 Å². The van der Waals surface area contributed by atoms with Gasteiger partial charge in [-0.2, -0.15) is 0 Å². The Bertz CT molecular complexity index is 554. The summed E-state index contributed by atoms with van der Waals surface area (Å²) in [7, 11) is -3.52. The normalized spacial score (nSPS) is 14.8. The summed E-state index contributed by atoms with van der Waals surface area (Å²) in [6.45, 7) is 10.4. The van der Waals surface area contributed by atoms with Gasteiger partial charge in [-0.05, 0) is 79.6 Å². The van der Waals surface area contributed by atoms with Crippen molar-refractivity contribution in [2.75, 3.05) is 12.8 Å². The fraction of sp³-hybridized carbons (Fsp3) is 0.667. The molecular formula is C21H37O4P. The van der Waals surface area contributed by atoms with Crippen molar-refractivity contribution in [1.82, 2.24) is 0 Å². The first-order chi connectivity index (χ1) is 12.2. The van der Waals surface area contributed by atoms with Gasteiger partial charge in [0.25, 0.3) is 0 Å². The average molecular weight is 384 g/mol. The predicted octanol–water partition coefficient (Wildman–Crippen LogP) is 7.57. The van der Waals surface area contributed by atoms with Crippen molar-refractivity contribution in [3.63, 3.8) is 0 Å². The van der Waals surface area contributed by atoms with E-state index >= 15 is 0 Å². The third-order valence-electron chi connectivity index (χ3n) is 4.15. The molecule has 0 aliphatic carbocycles. The van der Waals surface area contributed by atoms with Gasteiger partial charge in [-0.25, -0.2) is 4.79 Å². The molecule has 4 nitrogen and oxygen atoms in total. The zero-order valence-electron chi connectivity index (χ0n) is 17.2. The monoisotopic (exact) mass is 384 g/mol. The molecule has 26 heavy (non-hydrogen) atoms. The molecular weight excluding hydrogens is 347 g/mol. The van der Waals surface area contributed by atoms with Crippen LogP contribution in [-0.4, -0.2) is 23.6 Å². The van der Waals surface area contributed by atoms with Gasteiger partial charge in [0.15, 0.2) is 0 Å². The largest absolute Gasteiger partial charge is 0.474 e. The molecule has 0 bridgehead atoms. The minimum absolute atomic E-state index is 0.122. The minimum Gasteiger partial charge on any atom is -0.474 e. The molecule has 0 spiro atoms. The first kappa shape index (κ1) is 24.9. The van der Waals surface area contributed by atoms with Crippen LogP contribution in [0.2, 0.25) is 0 Å². The van der Waals surface area contributed by atoms with Crippen LogP contribution in [0.25, 0.3) is 0 Å². The van der Waals surface area contributed by atoms with E-state index < -0.39 is 13.1 Å². The first-order valence-corrected chi connectivity index (χ1v) is 11.4. The van der Waals surface area contributed by atoms with E-state index in [0.717, 1.165) is 38.5 Å². The Morgan fingerprint density at radius 2 is 1.46 bits per heavy atom. The molecule has 1 unspecified atom stereocenters. The summed E-state index contributed by atoms with van der Waals surface area (Å²) >= 11 is 0. The molecule has 1 N–H and O–H groups in total. The molecule has 0 aliphatic heterocycles. The van der Waals surface area contributed by atoms with Crippen LogP contribution in [0.3, 0.4) is 0 Å². The summed E-state index contributed by atoms with van der Waals surface area (Å²) < 4.78 is 17.0. The summed E-state index contributed by atoms with van der Waals surface area (Å²) in [5.74, 6) is 0. The lowest BCUT2D eigenvalue weighted by Crippen LogP contribution is -2.04. The van der Waals surface area contributed by atoms with Gasteiger partial charge in [0, 0.05) is 6.16 Å². The third kappa shape index (κ3) is 12.3. The molecule has 5 heteroatoms. The Balaban J connectivity index is 4.06. The fourth-order valence-corrected chi connectivity index (χ4v) is 4.06. The lowest BCUT2D eigenvalue weighted by molar-refractivity contribution is 0.210. The van der Waals surface area contributed by atoms with Gasteiger partial charge in [0.1, 0.15) is 0 Å². The molecule has 0 heterocycles. The Kier molecular flexibility index (Phi) is 13.4. The Morgan fingerprint density at radius 1 is 0.923 bits per heavy atom. The van der Waals surface area contributed by atoms with Gasteiger partial charge in [0.05, 0.1) is 6.61 Å². The smallest absolute Gasteiger partial charge is 0.389 e. The maximum atomic E-state index is 12.1. The highest BCUT2D eigenvalue weighted by atomic mass is 31.2. The molecule has 0 rings (SSSR count). The average Bonchev–Trinajstić information content (AvgIpc) is 2.54. The second kappa shape index (κ2) is 14.0. The standard InChI is InChI=1S/C21H37O4P/c1-6-25-26(24,21(22)23)17-9-7-8-13-19(4)15-11-16-20(5)14-10-12-18(2)3/h12-13,16H,6-11,14-15,17H2,1-5H3,(H,22,23)/b19-13+,20-16+. The van der Waals surface area contributed by atoms with Crippen molar-refractivity contribution >= 4 is 13.1 Å². The van der Waals surface area contributed by atoms with Gasteiger partial charge < -0.3 is 9.63 Å². The SMILES string of the molecule is CCOP(=O)(CCCC/C=C(\C)CC/C=C(\C)CCC=C(C)C)C(=O)O. The maximum absolute atomic E-state index is 12.1. The Hall–Kier alpha value is -1.12. The molecule has 0 fully saturated rings. The highest BCUT2D eigenvalue weighted by Crippen LogP contribution is 2.48. The molecule has 0 aromatic rings. The van der Waals surface area contributed by atoms with E-state index in [-0.39, 0.29) is 12.8 Å². The number of rotatable bonds is 14. The summed E-state index contributed by atoms with van der Waals surface area (Å²) in [6, 6.07) is 0. The van der Waals surface area contributed by atoms with E-state index in [1.807, 2.05) is 0 Å². The van der Waals surface area contributed by atoms with E-state index in [2.05, 4.69) is 45.9 Å². The number of hydrogen-bond donors (Lipinski definition) is 1. The van der Waals surface area contributed by atoms with Crippen molar-refractivity contribution in [3.05, 3.63) is 34.9 Å². The van der Waals surface area contributed by atoms with Crippen LogP contribution in [-0.2, 0) is 9.09 Å². The highest BCUT2D eigenvalue weighted by molar-refractivity contribution is 7.75. The van der Waals surface area contributed by atoms with Gasteiger partial charge in [-0.1, -0.05) is 34.9 Å². The zero-order chi connectivity index (χ0) is 20.0. The van der Waals surface area contributed by atoms with Crippen LogP contribution in [0.15, 0.2) is 34.9 Å². The van der Waals surface area contributed by atoms with Crippen molar-refractivity contribution in [2.24, 2.45) is 0 Å². The summed E-state index contributed by atoms with van der Waals surface area (Å²) in [5.41, 5.74) is 2.86. The van der Waals surface area contributed by atoms with E-state index in [9.17, 15) is 9.36 Å². The molecule has 0 amide bonds. The molecule has 0 aliphatic rings. The summed E-state index contributed by atoms with van der Waals surface area (Å²) in [6.07, 6.45) is 13.6. The molecule has 0 aromatic carbocycles. The lowest BCUT2D eigenvalue weighted by atomic mass is 10.1.